The van der Waals surface area contributed by atoms with Crippen molar-refractivity contribution in [1.29, 1.82) is 0 Å². The number of hydrogen-bond donors (Lipinski definition) is 0. The molecule has 0 spiro atoms. The first kappa shape index (κ1) is 10.5. The van der Waals surface area contributed by atoms with Crippen LogP contribution < -0.4 is 0 Å². The molecule has 0 saturated heterocycles. The van der Waals surface area contributed by atoms with E-state index in [2.05, 4.69) is 22.1 Å². The van der Waals surface area contributed by atoms with Gasteiger partial charge in [0.2, 0.25) is 5.28 Å². The highest BCUT2D eigenvalue weighted by Gasteiger charge is 2.14. The van der Waals surface area contributed by atoms with E-state index in [1.807, 2.05) is 30.3 Å². The molecule has 1 aromatic heterocycles. The maximum absolute atomic E-state index is 5.99. The summed E-state index contributed by atoms with van der Waals surface area (Å²) in [6, 6.07) is 10.1. The smallest absolute Gasteiger partial charge is 0.222 e. The van der Waals surface area contributed by atoms with E-state index in [-0.39, 0.29) is 0 Å². The van der Waals surface area contributed by atoms with E-state index in [4.69, 9.17) is 11.6 Å². The van der Waals surface area contributed by atoms with Crippen molar-refractivity contribution in [2.75, 3.05) is 0 Å². The van der Waals surface area contributed by atoms with Gasteiger partial charge in [-0.2, -0.15) is 0 Å². The summed E-state index contributed by atoms with van der Waals surface area (Å²) in [4.78, 5) is 8.66. The Balaban J connectivity index is 2.24. The second-order valence-corrected chi connectivity index (χ2v) is 4.35. The van der Waals surface area contributed by atoms with Gasteiger partial charge >= 0.3 is 0 Å². The summed E-state index contributed by atoms with van der Waals surface area (Å²) >= 11 is 5.99. The van der Waals surface area contributed by atoms with E-state index in [0.29, 0.717) is 5.28 Å². The number of aryl methyl sites for hydroxylation is 1. The summed E-state index contributed by atoms with van der Waals surface area (Å²) in [5.74, 6) is 0. The molecule has 3 rings (SSSR count). The SMILES string of the molecule is Clc1nc2c(c(-c3ccccc3)n1)C=CCC2. The zero-order valence-corrected chi connectivity index (χ0v) is 9.98. The Morgan fingerprint density at radius 3 is 2.71 bits per heavy atom. The molecule has 2 nitrogen and oxygen atoms in total. The number of rotatable bonds is 1. The van der Waals surface area contributed by atoms with E-state index in [1.165, 1.54) is 0 Å². The predicted octanol–water partition coefficient (Wildman–Crippen LogP) is 3.76. The van der Waals surface area contributed by atoms with Crippen LogP contribution in [-0.4, -0.2) is 9.97 Å². The fourth-order valence-corrected chi connectivity index (χ4v) is 2.28. The molecule has 0 saturated carbocycles. The van der Waals surface area contributed by atoms with Crippen LogP contribution in [0.25, 0.3) is 17.3 Å². The van der Waals surface area contributed by atoms with Gasteiger partial charge in [0.1, 0.15) is 0 Å². The first-order valence-corrected chi connectivity index (χ1v) is 6.01. The fraction of sp³-hybridized carbons (Fsp3) is 0.143. The van der Waals surface area contributed by atoms with E-state index in [9.17, 15) is 0 Å². The third-order valence-corrected chi connectivity index (χ3v) is 3.05. The lowest BCUT2D eigenvalue weighted by molar-refractivity contribution is 0.911. The highest BCUT2D eigenvalue weighted by Crippen LogP contribution is 2.29. The molecule has 3 heteroatoms. The zero-order valence-electron chi connectivity index (χ0n) is 9.23. The number of benzene rings is 1. The van der Waals surface area contributed by atoms with Crippen molar-refractivity contribution in [3.63, 3.8) is 0 Å². The number of nitrogens with zero attached hydrogens (tertiary/aromatic N) is 2. The Kier molecular flexibility index (Phi) is 2.65. The fourth-order valence-electron chi connectivity index (χ4n) is 2.09. The highest BCUT2D eigenvalue weighted by atomic mass is 35.5. The number of allylic oxidation sites excluding steroid dienone is 1. The van der Waals surface area contributed by atoms with Crippen LogP contribution in [0.15, 0.2) is 36.4 Å². The second-order valence-electron chi connectivity index (χ2n) is 4.01. The highest BCUT2D eigenvalue weighted by molar-refractivity contribution is 6.28. The quantitative estimate of drug-likeness (QED) is 0.712. The number of fused-ring (bicyclic) bond motifs is 1. The second kappa shape index (κ2) is 4.30. The van der Waals surface area contributed by atoms with Gasteiger partial charge in [-0.05, 0) is 24.4 Å². The Bertz CT molecular complexity index is 576. The zero-order chi connectivity index (χ0) is 11.7. The Hall–Kier alpha value is -1.67. The maximum Gasteiger partial charge on any atom is 0.223 e. The molecule has 0 N–H and O–H groups in total. The minimum absolute atomic E-state index is 0.331. The normalized spacial score (nSPS) is 13.5. The lowest BCUT2D eigenvalue weighted by Gasteiger charge is -2.13. The summed E-state index contributed by atoms with van der Waals surface area (Å²) in [5.41, 5.74) is 4.16. The molecule has 0 bridgehead atoms. The van der Waals surface area contributed by atoms with Gasteiger partial charge in [0.15, 0.2) is 0 Å². The van der Waals surface area contributed by atoms with Gasteiger partial charge in [0.05, 0.1) is 11.4 Å². The number of halogens is 1. The van der Waals surface area contributed by atoms with Gasteiger partial charge in [-0.15, -0.1) is 0 Å². The molecular weight excluding hydrogens is 232 g/mol. The molecule has 1 heterocycles. The summed E-state index contributed by atoms with van der Waals surface area (Å²) in [5, 5.41) is 0.331. The minimum atomic E-state index is 0.331. The third kappa shape index (κ3) is 1.96. The minimum Gasteiger partial charge on any atom is -0.222 e. The molecule has 0 fully saturated rings. The van der Waals surface area contributed by atoms with Crippen molar-refractivity contribution in [3.8, 4) is 11.3 Å². The van der Waals surface area contributed by atoms with Crippen LogP contribution in [0.3, 0.4) is 0 Å². The molecule has 0 atom stereocenters. The Morgan fingerprint density at radius 2 is 1.88 bits per heavy atom. The summed E-state index contributed by atoms with van der Waals surface area (Å²) in [6.45, 7) is 0. The summed E-state index contributed by atoms with van der Waals surface area (Å²) in [7, 11) is 0. The van der Waals surface area contributed by atoms with Gasteiger partial charge in [-0.3, -0.25) is 0 Å². The predicted molar refractivity (Wildman–Crippen MR) is 69.8 cm³/mol. The van der Waals surface area contributed by atoms with Gasteiger partial charge in [-0.1, -0.05) is 42.5 Å². The van der Waals surface area contributed by atoms with Crippen molar-refractivity contribution in [3.05, 3.63) is 52.9 Å². The average molecular weight is 243 g/mol. The third-order valence-electron chi connectivity index (χ3n) is 2.88. The van der Waals surface area contributed by atoms with Crippen molar-refractivity contribution in [2.24, 2.45) is 0 Å². The average Bonchev–Trinajstić information content (AvgIpc) is 2.39. The van der Waals surface area contributed by atoms with E-state index in [1.54, 1.807) is 0 Å². The molecular formula is C14H11ClN2. The van der Waals surface area contributed by atoms with E-state index in [0.717, 1.165) is 35.4 Å². The largest absolute Gasteiger partial charge is 0.223 e. The van der Waals surface area contributed by atoms with Gasteiger partial charge in [0, 0.05) is 11.1 Å². The van der Waals surface area contributed by atoms with Crippen LogP contribution in [0.2, 0.25) is 5.28 Å². The maximum atomic E-state index is 5.99. The Morgan fingerprint density at radius 1 is 1.06 bits per heavy atom. The van der Waals surface area contributed by atoms with Crippen LogP contribution in [0.5, 0.6) is 0 Å². The van der Waals surface area contributed by atoms with Gasteiger partial charge in [-0.25, -0.2) is 9.97 Å². The van der Waals surface area contributed by atoms with Crippen LogP contribution in [0.1, 0.15) is 17.7 Å². The molecule has 1 aromatic carbocycles. The lowest BCUT2D eigenvalue weighted by Crippen LogP contribution is -2.03. The molecule has 1 aliphatic carbocycles. The molecule has 17 heavy (non-hydrogen) atoms. The summed E-state index contributed by atoms with van der Waals surface area (Å²) in [6.07, 6.45) is 6.21. The topological polar surface area (TPSA) is 25.8 Å². The van der Waals surface area contributed by atoms with Crippen molar-refractivity contribution < 1.29 is 0 Å². The van der Waals surface area contributed by atoms with Crippen LogP contribution >= 0.6 is 11.6 Å². The van der Waals surface area contributed by atoms with Gasteiger partial charge < -0.3 is 0 Å². The van der Waals surface area contributed by atoms with Crippen molar-refractivity contribution >= 4 is 17.7 Å². The number of hydrogen-bond acceptors (Lipinski definition) is 2. The van der Waals surface area contributed by atoms with Gasteiger partial charge in [0.25, 0.3) is 0 Å². The van der Waals surface area contributed by atoms with E-state index >= 15 is 0 Å². The molecule has 0 radical (unpaired) electrons. The van der Waals surface area contributed by atoms with Crippen molar-refractivity contribution in [1.82, 2.24) is 9.97 Å². The number of aromatic nitrogens is 2. The first-order chi connectivity index (χ1) is 8.34. The molecule has 84 valence electrons. The molecule has 0 unspecified atom stereocenters. The Labute approximate surface area is 105 Å². The standard InChI is InChI=1S/C14H11ClN2/c15-14-16-12-9-5-4-8-11(12)13(17-14)10-6-2-1-3-7-10/h1-4,6-8H,5,9H2. The lowest BCUT2D eigenvalue weighted by atomic mass is 9.98. The molecule has 1 aliphatic rings. The van der Waals surface area contributed by atoms with Crippen molar-refractivity contribution in [2.45, 2.75) is 12.8 Å². The summed E-state index contributed by atoms with van der Waals surface area (Å²) < 4.78 is 0. The monoisotopic (exact) mass is 242 g/mol. The molecule has 0 amide bonds. The van der Waals surface area contributed by atoms with Crippen LogP contribution in [0, 0.1) is 0 Å². The van der Waals surface area contributed by atoms with E-state index < -0.39 is 0 Å². The molecule has 2 aromatic rings. The molecule has 0 aliphatic heterocycles. The van der Waals surface area contributed by atoms with Crippen LogP contribution in [0.4, 0.5) is 0 Å². The first-order valence-electron chi connectivity index (χ1n) is 5.63. The van der Waals surface area contributed by atoms with Crippen LogP contribution in [-0.2, 0) is 6.42 Å².